The van der Waals surface area contributed by atoms with Crippen LogP contribution in [0.1, 0.15) is 16.7 Å². The predicted octanol–water partition coefficient (Wildman–Crippen LogP) is 3.07. The molecule has 2 aromatic rings. The topological polar surface area (TPSA) is 41.1 Å². The van der Waals surface area contributed by atoms with Crippen LogP contribution in [0, 0.1) is 13.8 Å². The zero-order valence-electron chi connectivity index (χ0n) is 12.6. The molecule has 0 saturated carbocycles. The number of hydrogen-bond donors (Lipinski definition) is 2. The van der Waals surface area contributed by atoms with Gasteiger partial charge in [-0.15, -0.1) is 0 Å². The molecule has 110 valence electrons. The van der Waals surface area contributed by atoms with Crippen molar-refractivity contribution in [3.8, 4) is 0 Å². The number of benzene rings is 2. The monoisotopic (exact) mass is 282 g/mol. The average molecular weight is 282 g/mol. The third kappa shape index (κ3) is 4.63. The van der Waals surface area contributed by atoms with Crippen LogP contribution in [0.4, 0.5) is 5.69 Å². The number of anilines is 1. The van der Waals surface area contributed by atoms with Crippen molar-refractivity contribution in [3.05, 3.63) is 65.2 Å². The van der Waals surface area contributed by atoms with E-state index in [1.54, 1.807) is 0 Å². The van der Waals surface area contributed by atoms with Crippen LogP contribution >= 0.6 is 0 Å². The summed E-state index contributed by atoms with van der Waals surface area (Å²) in [5.74, 6) is 0.0202. The molecule has 3 nitrogen and oxygen atoms in total. The summed E-state index contributed by atoms with van der Waals surface area (Å²) in [6, 6.07) is 16.2. The summed E-state index contributed by atoms with van der Waals surface area (Å²) in [6.07, 6.45) is 0.857. The van der Waals surface area contributed by atoms with Gasteiger partial charge in [-0.1, -0.05) is 42.5 Å². The molecule has 0 bridgehead atoms. The van der Waals surface area contributed by atoms with Crippen LogP contribution < -0.4 is 10.6 Å². The molecule has 0 heterocycles. The molecule has 21 heavy (non-hydrogen) atoms. The third-order valence-electron chi connectivity index (χ3n) is 3.62. The minimum absolute atomic E-state index is 0.0202. The van der Waals surface area contributed by atoms with Gasteiger partial charge in [-0.3, -0.25) is 4.79 Å². The fourth-order valence-electron chi connectivity index (χ4n) is 2.17. The van der Waals surface area contributed by atoms with Crippen molar-refractivity contribution >= 4 is 11.6 Å². The lowest BCUT2D eigenvalue weighted by Crippen LogP contribution is -2.31. The van der Waals surface area contributed by atoms with Crippen molar-refractivity contribution in [1.29, 1.82) is 0 Å². The van der Waals surface area contributed by atoms with Gasteiger partial charge in [-0.2, -0.15) is 0 Å². The lowest BCUT2D eigenvalue weighted by Gasteiger charge is -2.11. The first-order valence-corrected chi connectivity index (χ1v) is 7.27. The lowest BCUT2D eigenvalue weighted by atomic mass is 10.1. The molecule has 0 atom stereocenters. The van der Waals surface area contributed by atoms with E-state index in [2.05, 4.69) is 42.7 Å². The van der Waals surface area contributed by atoms with E-state index < -0.39 is 0 Å². The minimum atomic E-state index is 0.0202. The Kier molecular flexibility index (Phi) is 5.38. The second-order valence-electron chi connectivity index (χ2n) is 5.19. The minimum Gasteiger partial charge on any atom is -0.376 e. The first-order chi connectivity index (χ1) is 10.2. The smallest absolute Gasteiger partial charge is 0.239 e. The van der Waals surface area contributed by atoms with E-state index in [9.17, 15) is 4.79 Å². The first kappa shape index (κ1) is 15.1. The summed E-state index contributed by atoms with van der Waals surface area (Å²) in [5.41, 5.74) is 4.67. The van der Waals surface area contributed by atoms with E-state index in [1.807, 2.05) is 30.3 Å². The Balaban J connectivity index is 1.74. The van der Waals surface area contributed by atoms with E-state index in [0.29, 0.717) is 13.1 Å². The summed E-state index contributed by atoms with van der Waals surface area (Å²) in [4.78, 5) is 11.8. The van der Waals surface area contributed by atoms with Gasteiger partial charge < -0.3 is 10.6 Å². The van der Waals surface area contributed by atoms with Crippen molar-refractivity contribution < 1.29 is 4.79 Å². The van der Waals surface area contributed by atoms with Gasteiger partial charge in [0.15, 0.2) is 0 Å². The average Bonchev–Trinajstić information content (AvgIpc) is 2.50. The number of hydrogen-bond acceptors (Lipinski definition) is 2. The molecular formula is C18H22N2O. The Labute approximate surface area is 126 Å². The molecule has 0 fully saturated rings. The molecule has 0 aromatic heterocycles. The SMILES string of the molecule is Cc1cccc(NCC(=O)NCCc2ccccc2)c1C. The summed E-state index contributed by atoms with van der Waals surface area (Å²) < 4.78 is 0. The quantitative estimate of drug-likeness (QED) is 0.855. The molecule has 0 spiro atoms. The highest BCUT2D eigenvalue weighted by molar-refractivity contribution is 5.81. The Morgan fingerprint density at radius 2 is 1.76 bits per heavy atom. The van der Waals surface area contributed by atoms with Gasteiger partial charge in [0.05, 0.1) is 6.54 Å². The van der Waals surface area contributed by atoms with Crippen molar-refractivity contribution in [3.63, 3.8) is 0 Å². The van der Waals surface area contributed by atoms with E-state index >= 15 is 0 Å². The van der Waals surface area contributed by atoms with Crippen LogP contribution in [-0.2, 0) is 11.2 Å². The van der Waals surface area contributed by atoms with Crippen LogP contribution in [0.25, 0.3) is 0 Å². The predicted molar refractivity (Wildman–Crippen MR) is 87.6 cm³/mol. The number of nitrogens with one attached hydrogen (secondary N) is 2. The number of rotatable bonds is 6. The van der Waals surface area contributed by atoms with E-state index in [1.165, 1.54) is 16.7 Å². The van der Waals surface area contributed by atoms with Gasteiger partial charge in [-0.25, -0.2) is 0 Å². The van der Waals surface area contributed by atoms with Crippen molar-refractivity contribution in [1.82, 2.24) is 5.32 Å². The van der Waals surface area contributed by atoms with Gasteiger partial charge in [0, 0.05) is 12.2 Å². The molecule has 1 amide bonds. The van der Waals surface area contributed by atoms with Gasteiger partial charge >= 0.3 is 0 Å². The summed E-state index contributed by atoms with van der Waals surface area (Å²) in [7, 11) is 0. The van der Waals surface area contributed by atoms with Crippen LogP contribution in [0.15, 0.2) is 48.5 Å². The second kappa shape index (κ2) is 7.48. The van der Waals surface area contributed by atoms with Crippen LogP contribution in [-0.4, -0.2) is 19.0 Å². The maximum absolute atomic E-state index is 11.8. The Morgan fingerprint density at radius 3 is 2.52 bits per heavy atom. The summed E-state index contributed by atoms with van der Waals surface area (Å²) >= 11 is 0. The van der Waals surface area contributed by atoms with Gasteiger partial charge in [0.25, 0.3) is 0 Å². The standard InChI is InChI=1S/C18H22N2O/c1-14-7-6-10-17(15(14)2)20-13-18(21)19-12-11-16-8-4-3-5-9-16/h3-10,20H,11-13H2,1-2H3,(H,19,21). The molecule has 3 heteroatoms. The molecule has 0 saturated heterocycles. The Bertz CT molecular complexity index is 593. The van der Waals surface area contributed by atoms with Gasteiger partial charge in [0.1, 0.15) is 0 Å². The molecule has 2 rings (SSSR count). The molecule has 0 aliphatic heterocycles. The summed E-state index contributed by atoms with van der Waals surface area (Å²) in [5, 5.41) is 6.12. The fourth-order valence-corrected chi connectivity index (χ4v) is 2.17. The summed E-state index contributed by atoms with van der Waals surface area (Å²) in [6.45, 7) is 5.10. The van der Waals surface area contributed by atoms with Crippen molar-refractivity contribution in [2.75, 3.05) is 18.4 Å². The highest BCUT2D eigenvalue weighted by atomic mass is 16.1. The number of amides is 1. The zero-order chi connectivity index (χ0) is 15.1. The van der Waals surface area contributed by atoms with Crippen LogP contribution in [0.2, 0.25) is 0 Å². The van der Waals surface area contributed by atoms with Gasteiger partial charge in [0.2, 0.25) is 5.91 Å². The van der Waals surface area contributed by atoms with Crippen LogP contribution in [0.5, 0.6) is 0 Å². The number of aryl methyl sites for hydroxylation is 1. The molecule has 2 aromatic carbocycles. The van der Waals surface area contributed by atoms with E-state index in [-0.39, 0.29) is 5.91 Å². The first-order valence-electron chi connectivity index (χ1n) is 7.27. The number of carbonyl (C=O) groups excluding carboxylic acids is 1. The zero-order valence-corrected chi connectivity index (χ0v) is 12.6. The van der Waals surface area contributed by atoms with E-state index in [4.69, 9.17) is 0 Å². The Hall–Kier alpha value is -2.29. The second-order valence-corrected chi connectivity index (χ2v) is 5.19. The molecule has 0 unspecified atom stereocenters. The third-order valence-corrected chi connectivity index (χ3v) is 3.62. The highest BCUT2D eigenvalue weighted by Crippen LogP contribution is 2.17. The van der Waals surface area contributed by atoms with Crippen molar-refractivity contribution in [2.45, 2.75) is 20.3 Å². The molecule has 0 radical (unpaired) electrons. The maximum atomic E-state index is 11.8. The fraction of sp³-hybridized carbons (Fsp3) is 0.278. The van der Waals surface area contributed by atoms with Gasteiger partial charge in [-0.05, 0) is 43.0 Å². The maximum Gasteiger partial charge on any atom is 0.239 e. The van der Waals surface area contributed by atoms with Crippen molar-refractivity contribution in [2.24, 2.45) is 0 Å². The molecule has 0 aliphatic rings. The molecule has 0 aliphatic carbocycles. The highest BCUT2D eigenvalue weighted by Gasteiger charge is 2.03. The normalized spacial score (nSPS) is 10.2. The lowest BCUT2D eigenvalue weighted by molar-refractivity contribution is -0.119. The molecular weight excluding hydrogens is 260 g/mol. The molecule has 2 N–H and O–H groups in total. The van der Waals surface area contributed by atoms with E-state index in [0.717, 1.165) is 12.1 Å². The number of carbonyl (C=O) groups is 1. The largest absolute Gasteiger partial charge is 0.376 e. The Morgan fingerprint density at radius 1 is 1.00 bits per heavy atom. The van der Waals surface area contributed by atoms with Crippen LogP contribution in [0.3, 0.4) is 0 Å².